The fourth-order valence-electron chi connectivity index (χ4n) is 4.00. The number of aromatic nitrogens is 1. The first-order valence-electron chi connectivity index (χ1n) is 7.41. The summed E-state index contributed by atoms with van der Waals surface area (Å²) in [5.41, 5.74) is 2.14. The van der Waals surface area contributed by atoms with Crippen LogP contribution in [0.5, 0.6) is 0 Å². The first-order chi connectivity index (χ1) is 9.41. The van der Waals surface area contributed by atoms with E-state index in [0.717, 1.165) is 0 Å². The molecule has 1 aromatic carbocycles. The zero-order chi connectivity index (χ0) is 14.5. The Hall–Kier alpha value is -1.41. The van der Waals surface area contributed by atoms with Crippen molar-refractivity contribution in [3.63, 3.8) is 0 Å². The van der Waals surface area contributed by atoms with E-state index in [1.807, 2.05) is 12.4 Å². The molecule has 1 saturated carbocycles. The minimum Gasteiger partial charge on any atom is -0.313 e. The summed E-state index contributed by atoms with van der Waals surface area (Å²) in [6.45, 7) is 9.53. The molecular weight excluding hydrogens is 244 g/mol. The number of benzene rings is 1. The standard InChI is InChI=1S/C18H24N2/c1-17(2)16(18(17,3)4)15(19-5)14-8-6-7-12-11-20-10-9-13(12)14/h6-11,15-16,19H,1-5H3. The van der Waals surface area contributed by atoms with Crippen molar-refractivity contribution >= 4 is 10.8 Å². The summed E-state index contributed by atoms with van der Waals surface area (Å²) >= 11 is 0. The molecule has 1 aromatic heterocycles. The van der Waals surface area contributed by atoms with Gasteiger partial charge in [0.1, 0.15) is 0 Å². The second-order valence-corrected chi connectivity index (χ2v) is 7.13. The van der Waals surface area contributed by atoms with Crippen molar-refractivity contribution in [1.82, 2.24) is 10.3 Å². The predicted octanol–water partition coefficient (Wildman–Crippen LogP) is 4.18. The molecule has 2 heteroatoms. The van der Waals surface area contributed by atoms with E-state index in [1.165, 1.54) is 16.3 Å². The maximum atomic E-state index is 4.24. The van der Waals surface area contributed by atoms with Gasteiger partial charge in [-0.25, -0.2) is 0 Å². The van der Waals surface area contributed by atoms with Gasteiger partial charge in [0.15, 0.2) is 0 Å². The molecule has 0 radical (unpaired) electrons. The molecule has 3 rings (SSSR count). The number of pyridine rings is 1. The van der Waals surface area contributed by atoms with Crippen LogP contribution < -0.4 is 5.32 Å². The lowest BCUT2D eigenvalue weighted by atomic mass is 9.93. The SMILES string of the molecule is CNC(c1cccc2cnccc12)C1C(C)(C)C1(C)C. The topological polar surface area (TPSA) is 24.9 Å². The van der Waals surface area contributed by atoms with Gasteiger partial charge in [-0.1, -0.05) is 45.9 Å². The van der Waals surface area contributed by atoms with E-state index in [2.05, 4.69) is 69.3 Å². The van der Waals surface area contributed by atoms with Gasteiger partial charge in [-0.2, -0.15) is 0 Å². The fourth-order valence-corrected chi connectivity index (χ4v) is 4.00. The highest BCUT2D eigenvalue weighted by atomic mass is 14.9. The Balaban J connectivity index is 2.10. The molecule has 2 aromatic rings. The molecule has 1 heterocycles. The molecule has 1 aliphatic carbocycles. The van der Waals surface area contributed by atoms with Crippen molar-refractivity contribution in [2.45, 2.75) is 33.7 Å². The summed E-state index contributed by atoms with van der Waals surface area (Å²) < 4.78 is 0. The van der Waals surface area contributed by atoms with E-state index in [0.29, 0.717) is 22.8 Å². The number of rotatable bonds is 3. The molecule has 1 N–H and O–H groups in total. The van der Waals surface area contributed by atoms with Gasteiger partial charge in [0.25, 0.3) is 0 Å². The molecule has 0 spiro atoms. The minimum atomic E-state index is 0.371. The van der Waals surface area contributed by atoms with E-state index < -0.39 is 0 Å². The average molecular weight is 268 g/mol. The lowest BCUT2D eigenvalue weighted by Crippen LogP contribution is -2.21. The Morgan fingerprint density at radius 2 is 1.80 bits per heavy atom. The summed E-state index contributed by atoms with van der Waals surface area (Å²) in [4.78, 5) is 4.24. The first kappa shape index (κ1) is 13.6. The predicted molar refractivity (Wildman–Crippen MR) is 84.6 cm³/mol. The second-order valence-electron chi connectivity index (χ2n) is 7.13. The Kier molecular flexibility index (Phi) is 2.91. The van der Waals surface area contributed by atoms with Crippen molar-refractivity contribution in [3.8, 4) is 0 Å². The van der Waals surface area contributed by atoms with Crippen LogP contribution in [0.1, 0.15) is 39.3 Å². The van der Waals surface area contributed by atoms with Crippen molar-refractivity contribution in [3.05, 3.63) is 42.2 Å². The quantitative estimate of drug-likeness (QED) is 0.903. The highest BCUT2D eigenvalue weighted by molar-refractivity contribution is 5.85. The summed E-state index contributed by atoms with van der Waals surface area (Å²) in [6, 6.07) is 9.07. The summed E-state index contributed by atoms with van der Waals surface area (Å²) in [6.07, 6.45) is 3.84. The molecule has 0 saturated heterocycles. The number of nitrogens with zero attached hydrogens (tertiary/aromatic N) is 1. The van der Waals surface area contributed by atoms with Gasteiger partial charge in [0.2, 0.25) is 0 Å². The van der Waals surface area contributed by atoms with Crippen LogP contribution in [0.25, 0.3) is 10.8 Å². The molecule has 1 fully saturated rings. The van der Waals surface area contributed by atoms with Crippen LogP contribution in [-0.4, -0.2) is 12.0 Å². The third kappa shape index (κ3) is 1.71. The molecule has 1 unspecified atom stereocenters. The highest BCUT2D eigenvalue weighted by Gasteiger charge is 2.67. The lowest BCUT2D eigenvalue weighted by molar-refractivity contribution is 0.440. The molecule has 0 aliphatic heterocycles. The van der Waals surface area contributed by atoms with E-state index >= 15 is 0 Å². The third-order valence-corrected chi connectivity index (χ3v) is 5.83. The van der Waals surface area contributed by atoms with E-state index in [9.17, 15) is 0 Å². The molecule has 0 amide bonds. The van der Waals surface area contributed by atoms with Gasteiger partial charge in [-0.15, -0.1) is 0 Å². The molecule has 0 bridgehead atoms. The zero-order valence-corrected chi connectivity index (χ0v) is 13.1. The van der Waals surface area contributed by atoms with Crippen LogP contribution >= 0.6 is 0 Å². The fraction of sp³-hybridized carbons (Fsp3) is 0.500. The lowest BCUT2D eigenvalue weighted by Gasteiger charge is -2.21. The van der Waals surface area contributed by atoms with Crippen LogP contribution in [0, 0.1) is 16.7 Å². The third-order valence-electron chi connectivity index (χ3n) is 5.83. The average Bonchev–Trinajstić information content (AvgIpc) is 2.83. The maximum Gasteiger partial charge on any atom is 0.0363 e. The Morgan fingerprint density at radius 1 is 1.10 bits per heavy atom. The monoisotopic (exact) mass is 268 g/mol. The van der Waals surface area contributed by atoms with Crippen molar-refractivity contribution in [2.75, 3.05) is 7.05 Å². The van der Waals surface area contributed by atoms with Gasteiger partial charge < -0.3 is 5.32 Å². The zero-order valence-electron chi connectivity index (χ0n) is 13.1. The van der Waals surface area contributed by atoms with Gasteiger partial charge in [0.05, 0.1) is 0 Å². The van der Waals surface area contributed by atoms with E-state index in [4.69, 9.17) is 0 Å². The molecule has 1 atom stereocenters. The molecule has 2 nitrogen and oxygen atoms in total. The Bertz CT molecular complexity index is 623. The summed E-state index contributed by atoms with van der Waals surface area (Å²) in [5, 5.41) is 6.11. The normalized spacial score (nSPS) is 21.9. The molecule has 106 valence electrons. The van der Waals surface area contributed by atoms with Crippen LogP contribution in [0.4, 0.5) is 0 Å². The van der Waals surface area contributed by atoms with Gasteiger partial charge in [-0.05, 0) is 40.8 Å². The number of nitrogens with one attached hydrogen (secondary N) is 1. The smallest absolute Gasteiger partial charge is 0.0363 e. The van der Waals surface area contributed by atoms with Crippen LogP contribution in [0.15, 0.2) is 36.7 Å². The Morgan fingerprint density at radius 3 is 2.40 bits per heavy atom. The molecular formula is C18H24N2. The van der Waals surface area contributed by atoms with Crippen LogP contribution in [0.3, 0.4) is 0 Å². The van der Waals surface area contributed by atoms with Crippen molar-refractivity contribution < 1.29 is 0 Å². The minimum absolute atomic E-state index is 0.371. The van der Waals surface area contributed by atoms with Crippen molar-refractivity contribution in [1.29, 1.82) is 0 Å². The number of hydrogen-bond acceptors (Lipinski definition) is 2. The van der Waals surface area contributed by atoms with E-state index in [-0.39, 0.29) is 0 Å². The Labute approximate surface area is 121 Å². The van der Waals surface area contributed by atoms with Crippen molar-refractivity contribution in [2.24, 2.45) is 16.7 Å². The molecule has 1 aliphatic rings. The second kappa shape index (κ2) is 4.29. The number of fused-ring (bicyclic) bond motifs is 1. The largest absolute Gasteiger partial charge is 0.313 e. The van der Waals surface area contributed by atoms with Gasteiger partial charge in [-0.3, -0.25) is 4.98 Å². The first-order valence-corrected chi connectivity index (χ1v) is 7.41. The van der Waals surface area contributed by atoms with Crippen LogP contribution in [0.2, 0.25) is 0 Å². The van der Waals surface area contributed by atoms with Gasteiger partial charge in [0, 0.05) is 23.8 Å². The maximum absolute atomic E-state index is 4.24. The molecule has 20 heavy (non-hydrogen) atoms. The van der Waals surface area contributed by atoms with Gasteiger partial charge >= 0.3 is 0 Å². The highest BCUT2D eigenvalue weighted by Crippen LogP contribution is 2.72. The summed E-state index contributed by atoms with van der Waals surface area (Å²) in [5.74, 6) is 0.652. The van der Waals surface area contributed by atoms with Crippen LogP contribution in [-0.2, 0) is 0 Å². The number of hydrogen-bond donors (Lipinski definition) is 1. The van der Waals surface area contributed by atoms with E-state index in [1.54, 1.807) is 0 Å². The summed E-state index contributed by atoms with van der Waals surface area (Å²) in [7, 11) is 2.08.